The van der Waals surface area contributed by atoms with E-state index in [0.29, 0.717) is 42.3 Å². The normalized spacial score (nSPS) is 17.0. The summed E-state index contributed by atoms with van der Waals surface area (Å²) in [7, 11) is -0.869. The molecule has 0 saturated carbocycles. The molecule has 2 unspecified atom stereocenters. The lowest BCUT2D eigenvalue weighted by molar-refractivity contribution is -0.120. The van der Waals surface area contributed by atoms with Crippen molar-refractivity contribution in [1.82, 2.24) is 0 Å². The number of carbonyl (C=O) groups excluding carboxylic acids is 1. The summed E-state index contributed by atoms with van der Waals surface area (Å²) in [5.74, 6) is 1.90. The van der Waals surface area contributed by atoms with E-state index in [9.17, 15) is 4.79 Å². The summed E-state index contributed by atoms with van der Waals surface area (Å²) in [5, 5.41) is 1.11. The van der Waals surface area contributed by atoms with Crippen molar-refractivity contribution in [3.8, 4) is 0 Å². The number of hydrogen-bond donors (Lipinski definition) is 0. The van der Waals surface area contributed by atoms with E-state index in [1.54, 1.807) is 0 Å². The second-order valence-electron chi connectivity index (χ2n) is 18.6. The number of hydrogen-bond acceptors (Lipinski definition) is 1. The summed E-state index contributed by atoms with van der Waals surface area (Å²) in [4.78, 5) is 13.7. The van der Waals surface area contributed by atoms with Crippen LogP contribution in [0.1, 0.15) is 187 Å². The summed E-state index contributed by atoms with van der Waals surface area (Å²) in [6, 6.07) is 44.0. The summed E-state index contributed by atoms with van der Waals surface area (Å²) >= 11 is 0. The number of carbonyl (C=O) groups is 1. The number of rotatable bonds is 11. The Balaban J connectivity index is 1.85. The van der Waals surface area contributed by atoms with Gasteiger partial charge in [-0.15, -0.1) is 0 Å². The van der Waals surface area contributed by atoms with Gasteiger partial charge in [-0.25, -0.2) is 0 Å². The van der Waals surface area contributed by atoms with Crippen molar-refractivity contribution in [1.29, 1.82) is 0 Å². The van der Waals surface area contributed by atoms with Crippen molar-refractivity contribution in [3.63, 3.8) is 0 Å². The average molecular weight is 749 g/mol. The molecule has 5 aromatic rings. The Morgan fingerprint density at radius 1 is 0.418 bits per heavy atom. The molecule has 288 valence electrons. The van der Waals surface area contributed by atoms with Gasteiger partial charge in [0.05, 0.1) is 0 Å². The summed E-state index contributed by atoms with van der Waals surface area (Å²) < 4.78 is 0. The molecule has 0 aliphatic carbocycles. The Labute approximate surface area is 335 Å². The van der Waals surface area contributed by atoms with E-state index >= 15 is 0 Å². The van der Waals surface area contributed by atoms with Crippen molar-refractivity contribution < 1.29 is 4.79 Å². The summed E-state index contributed by atoms with van der Waals surface area (Å²) in [5.41, 5.74) is 14.1. The molecule has 6 rings (SSSR count). The fourth-order valence-electron chi connectivity index (χ4n) is 10.1. The molecule has 0 radical (unpaired) electrons. The van der Waals surface area contributed by atoms with Crippen LogP contribution < -0.4 is 5.30 Å². The third-order valence-corrected chi connectivity index (χ3v) is 15.8. The quantitative estimate of drug-likeness (QED) is 0.0971. The predicted octanol–water partition coefficient (Wildman–Crippen LogP) is 14.6. The summed E-state index contributed by atoms with van der Waals surface area (Å²) in [6.07, 6.45) is 1.23. The van der Waals surface area contributed by atoms with E-state index in [1.807, 2.05) is 0 Å². The molecule has 1 saturated heterocycles. The molecular formula is C53H65OP. The van der Waals surface area contributed by atoms with E-state index in [4.69, 9.17) is 0 Å². The van der Waals surface area contributed by atoms with Crippen molar-refractivity contribution in [2.24, 2.45) is 0 Å². The molecule has 0 bridgehead atoms. The van der Waals surface area contributed by atoms with Gasteiger partial charge in [0.2, 0.25) is 0 Å². The molecular weight excluding hydrogens is 684 g/mol. The molecule has 5 aromatic carbocycles. The Morgan fingerprint density at radius 3 is 1.00 bits per heavy atom. The lowest BCUT2D eigenvalue weighted by atomic mass is 9.73. The summed E-state index contributed by atoms with van der Waals surface area (Å²) in [6.45, 7) is 28.4. The molecule has 0 aromatic heterocycles. The van der Waals surface area contributed by atoms with Crippen molar-refractivity contribution in [3.05, 3.63) is 171 Å². The van der Waals surface area contributed by atoms with Crippen LogP contribution in [0.3, 0.4) is 0 Å². The number of Topliss-reactive ketones (excluding diaryl/α,β-unsaturated/α-hetero) is 1. The highest BCUT2D eigenvalue weighted by Crippen LogP contribution is 2.66. The van der Waals surface area contributed by atoms with Gasteiger partial charge >= 0.3 is 0 Å². The van der Waals surface area contributed by atoms with Gasteiger partial charge in [-0.1, -0.05) is 206 Å². The highest BCUT2D eigenvalue weighted by atomic mass is 31.1. The van der Waals surface area contributed by atoms with Crippen molar-refractivity contribution >= 4 is 19.0 Å². The van der Waals surface area contributed by atoms with Gasteiger partial charge in [0.15, 0.2) is 0 Å². The van der Waals surface area contributed by atoms with E-state index in [1.165, 1.54) is 60.9 Å². The van der Waals surface area contributed by atoms with Crippen LogP contribution >= 0.6 is 7.92 Å². The first-order valence-electron chi connectivity index (χ1n) is 20.8. The van der Waals surface area contributed by atoms with Gasteiger partial charge in [0, 0.05) is 24.7 Å². The highest BCUT2D eigenvalue weighted by molar-refractivity contribution is 7.69. The Hall–Kier alpha value is -3.80. The number of benzene rings is 5. The van der Waals surface area contributed by atoms with Crippen LogP contribution in [0, 0.1) is 0 Å². The number of ketones is 1. The van der Waals surface area contributed by atoms with Crippen molar-refractivity contribution in [2.45, 2.75) is 142 Å². The Morgan fingerprint density at radius 2 is 0.709 bits per heavy atom. The van der Waals surface area contributed by atoms with Crippen LogP contribution in [0.2, 0.25) is 0 Å². The Kier molecular flexibility index (Phi) is 12.1. The van der Waals surface area contributed by atoms with Gasteiger partial charge in [-0.2, -0.15) is 0 Å². The molecule has 55 heavy (non-hydrogen) atoms. The van der Waals surface area contributed by atoms with Gasteiger partial charge < -0.3 is 0 Å². The second kappa shape index (κ2) is 16.4. The van der Waals surface area contributed by atoms with Gasteiger partial charge in [-0.05, 0) is 94.9 Å². The molecule has 0 amide bonds. The molecule has 1 aliphatic heterocycles. The van der Waals surface area contributed by atoms with Gasteiger partial charge in [0.25, 0.3) is 0 Å². The Bertz CT molecular complexity index is 1900. The van der Waals surface area contributed by atoms with Crippen LogP contribution in [-0.2, 0) is 4.79 Å². The topological polar surface area (TPSA) is 17.1 Å². The lowest BCUT2D eigenvalue weighted by Gasteiger charge is -2.51. The fraction of sp³-hybridized carbons (Fsp3) is 0.415. The van der Waals surface area contributed by atoms with Crippen LogP contribution in [0.15, 0.2) is 115 Å². The molecule has 0 spiro atoms. The molecule has 1 fully saturated rings. The lowest BCUT2D eigenvalue weighted by Crippen LogP contribution is -2.45. The minimum absolute atomic E-state index is 0.0280. The van der Waals surface area contributed by atoms with E-state index in [-0.39, 0.29) is 22.1 Å². The van der Waals surface area contributed by atoms with E-state index in [0.717, 1.165) is 0 Å². The van der Waals surface area contributed by atoms with Crippen molar-refractivity contribution in [2.75, 3.05) is 0 Å². The zero-order chi connectivity index (χ0) is 39.8. The first kappa shape index (κ1) is 40.9. The smallest absolute Gasteiger partial charge is 0.134 e. The van der Waals surface area contributed by atoms with Gasteiger partial charge in [0.1, 0.15) is 5.78 Å². The zero-order valence-electron chi connectivity index (χ0n) is 35.7. The predicted molar refractivity (Wildman–Crippen MR) is 239 cm³/mol. The van der Waals surface area contributed by atoms with E-state index in [2.05, 4.69) is 198 Å². The van der Waals surface area contributed by atoms with Crippen LogP contribution in [-0.4, -0.2) is 16.1 Å². The van der Waals surface area contributed by atoms with Crippen LogP contribution in [0.5, 0.6) is 0 Å². The fourth-order valence-corrected chi connectivity index (χ4v) is 14.5. The minimum atomic E-state index is -0.869. The molecule has 2 heteroatoms. The first-order valence-corrected chi connectivity index (χ1v) is 22.2. The SMILES string of the molecule is CC(C)c1cccc(C(C)C)c1C(c1ccccc1)c1cccc(C(c2ccccc2)c2c(C(C)C)cccc2C(C)C)c1P1C(C)(C)CC(=O)CC1(C)C. The maximum Gasteiger partial charge on any atom is 0.134 e. The van der Waals surface area contributed by atoms with Gasteiger partial charge in [-0.3, -0.25) is 4.79 Å². The zero-order valence-corrected chi connectivity index (χ0v) is 36.6. The second-order valence-corrected chi connectivity index (χ2v) is 22.2. The van der Waals surface area contributed by atoms with E-state index < -0.39 is 7.92 Å². The molecule has 1 heterocycles. The monoisotopic (exact) mass is 748 g/mol. The first-order chi connectivity index (χ1) is 26.0. The maximum absolute atomic E-state index is 13.7. The molecule has 2 atom stereocenters. The molecule has 0 N–H and O–H groups in total. The molecule has 1 aliphatic rings. The highest BCUT2D eigenvalue weighted by Gasteiger charge is 2.50. The standard InChI is InChI=1S/C53H65OP/c1-34(2)41-26-19-27-42(35(3)4)49(41)47(38-22-15-13-16-23-38)45-30-21-31-46(51(45)55-52(9,10)32-40(54)33-53(55,11)12)48(39-24-17-14-18-25-39)50-43(36(5)6)28-20-29-44(50)37(7)8/h13-31,34-37,47-48H,32-33H2,1-12H3. The van der Waals surface area contributed by atoms with Crippen LogP contribution in [0.4, 0.5) is 0 Å². The minimum Gasteiger partial charge on any atom is -0.300 e. The third kappa shape index (κ3) is 8.07. The maximum atomic E-state index is 13.7. The largest absolute Gasteiger partial charge is 0.300 e. The average Bonchev–Trinajstić information content (AvgIpc) is 3.12. The third-order valence-electron chi connectivity index (χ3n) is 12.1. The molecule has 1 nitrogen and oxygen atoms in total. The van der Waals surface area contributed by atoms with Crippen LogP contribution in [0.25, 0.3) is 0 Å².